The predicted molar refractivity (Wildman–Crippen MR) is 108 cm³/mol. The monoisotopic (exact) mass is 376 g/mol. The van der Waals surface area contributed by atoms with Gasteiger partial charge < -0.3 is 5.32 Å². The fraction of sp³-hybridized carbons (Fsp3) is 0.478. The Morgan fingerprint density at radius 1 is 1.04 bits per heavy atom. The van der Waals surface area contributed by atoms with Gasteiger partial charge in [-0.05, 0) is 67.7 Å². The van der Waals surface area contributed by atoms with Gasteiger partial charge in [0.1, 0.15) is 0 Å². The number of carbonyl (C=O) groups excluding carboxylic acids is 1. The average molecular weight is 377 g/mol. The summed E-state index contributed by atoms with van der Waals surface area (Å²) in [5.41, 5.74) is 10.7. The maximum absolute atomic E-state index is 12.7. The lowest BCUT2D eigenvalue weighted by atomic mass is 9.67. The van der Waals surface area contributed by atoms with E-state index in [2.05, 4.69) is 57.6 Å². The van der Waals surface area contributed by atoms with E-state index in [4.69, 9.17) is 0 Å². The molecule has 1 aromatic heterocycles. The van der Waals surface area contributed by atoms with Crippen molar-refractivity contribution < 1.29 is 4.79 Å². The predicted octanol–water partition coefficient (Wildman–Crippen LogP) is 2.68. The van der Waals surface area contributed by atoms with Crippen molar-refractivity contribution in [3.8, 4) is 0 Å². The molecule has 0 bridgehead atoms. The van der Waals surface area contributed by atoms with Crippen molar-refractivity contribution in [2.45, 2.75) is 50.7 Å². The van der Waals surface area contributed by atoms with Gasteiger partial charge in [-0.1, -0.05) is 30.3 Å². The summed E-state index contributed by atoms with van der Waals surface area (Å²) in [6, 6.07) is 15.7. The van der Waals surface area contributed by atoms with Gasteiger partial charge in [0, 0.05) is 29.9 Å². The second-order valence-corrected chi connectivity index (χ2v) is 8.74. The lowest BCUT2D eigenvalue weighted by molar-refractivity contribution is -0.130. The summed E-state index contributed by atoms with van der Waals surface area (Å²) in [6.45, 7) is 2.05. The number of piperidine rings is 1. The van der Waals surface area contributed by atoms with Crippen molar-refractivity contribution in [3.63, 3.8) is 0 Å². The van der Waals surface area contributed by atoms with Crippen molar-refractivity contribution in [1.29, 1.82) is 0 Å². The van der Waals surface area contributed by atoms with Gasteiger partial charge >= 0.3 is 0 Å². The summed E-state index contributed by atoms with van der Waals surface area (Å²) in [7, 11) is 0. The van der Waals surface area contributed by atoms with E-state index < -0.39 is 0 Å². The zero-order valence-electron chi connectivity index (χ0n) is 16.3. The number of rotatable bonds is 3. The van der Waals surface area contributed by atoms with Gasteiger partial charge in [-0.15, -0.1) is 0 Å². The first-order valence-corrected chi connectivity index (χ1v) is 10.5. The third kappa shape index (κ3) is 3.33. The molecule has 1 aliphatic carbocycles. The quantitative estimate of drug-likeness (QED) is 0.771. The average Bonchev–Trinajstić information content (AvgIpc) is 3.10. The molecular formula is C23H28N4O. The van der Waals surface area contributed by atoms with E-state index in [1.54, 1.807) is 0 Å². The highest BCUT2D eigenvalue weighted by molar-refractivity contribution is 5.80. The van der Waals surface area contributed by atoms with Crippen LogP contribution in [0.4, 0.5) is 0 Å². The molecule has 5 heteroatoms. The topological polar surface area (TPSA) is 66.0 Å². The lowest BCUT2D eigenvalue weighted by Crippen LogP contribution is -2.56. The van der Waals surface area contributed by atoms with Crippen LogP contribution < -0.4 is 16.2 Å². The highest BCUT2D eigenvalue weighted by Crippen LogP contribution is 2.44. The van der Waals surface area contributed by atoms with Crippen LogP contribution >= 0.6 is 0 Å². The van der Waals surface area contributed by atoms with Crippen molar-refractivity contribution in [1.82, 2.24) is 21.2 Å². The third-order valence-corrected chi connectivity index (χ3v) is 6.91. The smallest absolute Gasteiger partial charge is 0.223 e. The van der Waals surface area contributed by atoms with Crippen LogP contribution in [0.15, 0.2) is 48.7 Å². The van der Waals surface area contributed by atoms with Crippen LogP contribution in [0.2, 0.25) is 0 Å². The number of carbonyl (C=O) groups is 1. The number of benzene rings is 1. The molecule has 6 atom stereocenters. The SMILES string of the molecule is Cc1cc(C2NNC3CC4NC(=O)C(Cc5ccccc5)CC4CC32)ccn1. The van der Waals surface area contributed by atoms with Crippen LogP contribution in [0.5, 0.6) is 0 Å². The molecule has 3 N–H and O–H groups in total. The van der Waals surface area contributed by atoms with Gasteiger partial charge in [0.15, 0.2) is 0 Å². The van der Waals surface area contributed by atoms with Gasteiger partial charge in [-0.3, -0.25) is 15.2 Å². The first kappa shape index (κ1) is 17.8. The second-order valence-electron chi connectivity index (χ2n) is 8.74. The second kappa shape index (κ2) is 7.30. The Balaban J connectivity index is 1.32. The Labute approximate surface area is 166 Å². The maximum atomic E-state index is 12.7. The van der Waals surface area contributed by atoms with Crippen LogP contribution in [-0.4, -0.2) is 23.0 Å². The van der Waals surface area contributed by atoms with Crippen LogP contribution in [0.3, 0.4) is 0 Å². The number of nitrogens with zero attached hydrogens (tertiary/aromatic N) is 1. The molecule has 0 spiro atoms. The van der Waals surface area contributed by atoms with Gasteiger partial charge in [-0.2, -0.15) is 0 Å². The van der Waals surface area contributed by atoms with Crippen LogP contribution in [0.25, 0.3) is 0 Å². The largest absolute Gasteiger partial charge is 0.353 e. The van der Waals surface area contributed by atoms with Gasteiger partial charge in [0.2, 0.25) is 5.91 Å². The number of hydrogen-bond donors (Lipinski definition) is 3. The highest BCUT2D eigenvalue weighted by atomic mass is 16.2. The van der Waals surface area contributed by atoms with Crippen molar-refractivity contribution in [2.75, 3.05) is 0 Å². The minimum atomic E-state index is 0.0872. The molecule has 2 aromatic rings. The Hall–Kier alpha value is -2.24. The van der Waals surface area contributed by atoms with Crippen LogP contribution in [0, 0.1) is 24.7 Å². The first-order valence-electron chi connectivity index (χ1n) is 10.5. The molecule has 28 heavy (non-hydrogen) atoms. The molecule has 0 radical (unpaired) electrons. The van der Waals surface area contributed by atoms with Gasteiger partial charge in [0.25, 0.3) is 0 Å². The molecule has 5 rings (SSSR count). The zero-order chi connectivity index (χ0) is 19.1. The zero-order valence-corrected chi connectivity index (χ0v) is 16.3. The van der Waals surface area contributed by atoms with E-state index in [1.807, 2.05) is 19.2 Å². The molecule has 146 valence electrons. The maximum Gasteiger partial charge on any atom is 0.223 e. The Morgan fingerprint density at radius 2 is 1.89 bits per heavy atom. The first-order chi connectivity index (χ1) is 13.7. The number of fused-ring (bicyclic) bond motifs is 2. The fourth-order valence-corrected chi connectivity index (χ4v) is 5.53. The number of hydrogen-bond acceptors (Lipinski definition) is 4. The molecule has 1 saturated carbocycles. The Bertz CT molecular complexity index is 855. The number of aromatic nitrogens is 1. The molecule has 3 heterocycles. The fourth-order valence-electron chi connectivity index (χ4n) is 5.53. The molecule has 1 amide bonds. The summed E-state index contributed by atoms with van der Waals surface area (Å²) in [5.74, 6) is 1.43. The summed E-state index contributed by atoms with van der Waals surface area (Å²) in [5, 5.41) is 3.35. The van der Waals surface area contributed by atoms with Gasteiger partial charge in [0.05, 0.1) is 6.04 Å². The Morgan fingerprint density at radius 3 is 2.71 bits per heavy atom. The summed E-state index contributed by atoms with van der Waals surface area (Å²) in [6.07, 6.45) is 5.89. The summed E-state index contributed by atoms with van der Waals surface area (Å²) < 4.78 is 0. The minimum absolute atomic E-state index is 0.0872. The molecule has 3 fully saturated rings. The van der Waals surface area contributed by atoms with E-state index in [0.717, 1.165) is 31.4 Å². The Kier molecular flexibility index (Phi) is 4.65. The van der Waals surface area contributed by atoms with Crippen LogP contribution in [0.1, 0.15) is 42.1 Å². The number of hydrazine groups is 1. The minimum Gasteiger partial charge on any atom is -0.353 e. The molecule has 6 unspecified atom stereocenters. The highest BCUT2D eigenvalue weighted by Gasteiger charge is 2.48. The molecule has 2 aliphatic heterocycles. The molecule has 1 aromatic carbocycles. The normalized spacial score (nSPS) is 34.4. The third-order valence-electron chi connectivity index (χ3n) is 6.91. The van der Waals surface area contributed by atoms with E-state index in [-0.39, 0.29) is 11.8 Å². The van der Waals surface area contributed by atoms with E-state index in [0.29, 0.717) is 30.0 Å². The summed E-state index contributed by atoms with van der Waals surface area (Å²) in [4.78, 5) is 17.1. The van der Waals surface area contributed by atoms with E-state index >= 15 is 0 Å². The van der Waals surface area contributed by atoms with Crippen molar-refractivity contribution >= 4 is 5.91 Å². The van der Waals surface area contributed by atoms with E-state index in [1.165, 1.54) is 11.1 Å². The lowest BCUT2D eigenvalue weighted by Gasteiger charge is -2.44. The molecule has 3 aliphatic rings. The number of aryl methyl sites for hydroxylation is 1. The summed E-state index contributed by atoms with van der Waals surface area (Å²) >= 11 is 0. The number of nitrogens with one attached hydrogen (secondary N) is 3. The van der Waals surface area contributed by atoms with E-state index in [9.17, 15) is 4.79 Å². The number of amides is 1. The standard InChI is InChI=1S/C23H28N4O/c1-14-9-16(7-8-24-14)22-19-12-17-11-18(10-15-5-3-2-4-6-15)23(28)25-20(17)13-21(19)26-27-22/h2-9,17-22,26-27H,10-13H2,1H3,(H,25,28). The van der Waals surface area contributed by atoms with Gasteiger partial charge in [-0.25, -0.2) is 5.43 Å². The van der Waals surface area contributed by atoms with Crippen LogP contribution in [-0.2, 0) is 11.2 Å². The molecule has 5 nitrogen and oxygen atoms in total. The molecular weight excluding hydrogens is 348 g/mol. The molecule has 2 saturated heterocycles. The van der Waals surface area contributed by atoms with Crippen molar-refractivity contribution in [2.24, 2.45) is 17.8 Å². The van der Waals surface area contributed by atoms with Crippen molar-refractivity contribution in [3.05, 3.63) is 65.5 Å². The number of pyridine rings is 1.